The van der Waals surface area contributed by atoms with Crippen molar-refractivity contribution < 1.29 is 9.53 Å². The number of hydrazine groups is 1. The molecule has 0 spiro atoms. The number of carbonyl (C=O) groups excluding carboxylic acids is 1. The molecule has 1 unspecified atom stereocenters. The highest BCUT2D eigenvalue weighted by atomic mass is 35.5. The van der Waals surface area contributed by atoms with Gasteiger partial charge in [0.2, 0.25) is 0 Å². The molecule has 0 saturated carbocycles. The summed E-state index contributed by atoms with van der Waals surface area (Å²) in [6.45, 7) is 3.29. The number of halogens is 1. The predicted octanol–water partition coefficient (Wildman–Crippen LogP) is 1.66. The number of nitrogens with one attached hydrogen (secondary N) is 1. The molecule has 1 aliphatic heterocycles. The maximum absolute atomic E-state index is 12.5. The van der Waals surface area contributed by atoms with Crippen molar-refractivity contribution in [1.82, 2.24) is 9.88 Å². The molecule has 1 saturated heterocycles. The highest BCUT2D eigenvalue weighted by Crippen LogP contribution is 2.26. The molecule has 2 rings (SSSR count). The number of nitrogen functional groups attached to an aromatic ring is 1. The van der Waals surface area contributed by atoms with Crippen molar-refractivity contribution in [3.8, 4) is 0 Å². The van der Waals surface area contributed by atoms with Crippen molar-refractivity contribution in [1.29, 1.82) is 0 Å². The third-order valence-corrected chi connectivity index (χ3v) is 3.95. The maximum Gasteiger partial charge on any atom is 0.255 e. The summed E-state index contributed by atoms with van der Waals surface area (Å²) in [6, 6.07) is 1.57. The van der Waals surface area contributed by atoms with Gasteiger partial charge in [-0.2, -0.15) is 0 Å². The van der Waals surface area contributed by atoms with E-state index in [2.05, 4.69) is 10.4 Å². The molecule has 1 aromatic rings. The molecule has 6 nitrogen and oxygen atoms in total. The Kier molecular flexibility index (Phi) is 4.47. The first-order valence-electron chi connectivity index (χ1n) is 6.46. The van der Waals surface area contributed by atoms with Crippen LogP contribution in [0, 0.1) is 0 Å². The van der Waals surface area contributed by atoms with Crippen molar-refractivity contribution in [2.45, 2.75) is 25.4 Å². The van der Waals surface area contributed by atoms with Crippen LogP contribution in [0.3, 0.4) is 0 Å². The summed E-state index contributed by atoms with van der Waals surface area (Å²) < 4.78 is 5.49. The second kappa shape index (κ2) is 5.95. The van der Waals surface area contributed by atoms with Crippen molar-refractivity contribution in [2.75, 3.05) is 25.6 Å². The number of carbonyl (C=O) groups is 1. The average molecular weight is 299 g/mol. The van der Waals surface area contributed by atoms with Crippen LogP contribution in [0.2, 0.25) is 5.02 Å². The Balaban J connectivity index is 2.17. The van der Waals surface area contributed by atoms with Crippen LogP contribution in [-0.2, 0) is 4.74 Å². The zero-order valence-electron chi connectivity index (χ0n) is 11.6. The van der Waals surface area contributed by atoms with Crippen LogP contribution in [0.1, 0.15) is 30.1 Å². The lowest BCUT2D eigenvalue weighted by atomic mass is 9.94. The van der Waals surface area contributed by atoms with Crippen molar-refractivity contribution in [2.24, 2.45) is 5.84 Å². The highest BCUT2D eigenvalue weighted by molar-refractivity contribution is 6.33. The largest absolute Gasteiger partial charge is 0.377 e. The molecule has 1 aromatic heterocycles. The van der Waals surface area contributed by atoms with Gasteiger partial charge >= 0.3 is 0 Å². The van der Waals surface area contributed by atoms with Gasteiger partial charge in [0.25, 0.3) is 5.91 Å². The first kappa shape index (κ1) is 15.0. The lowest BCUT2D eigenvalue weighted by molar-refractivity contribution is -0.0440. The van der Waals surface area contributed by atoms with Crippen LogP contribution >= 0.6 is 11.6 Å². The number of rotatable bonds is 3. The van der Waals surface area contributed by atoms with Crippen LogP contribution < -0.4 is 11.3 Å². The van der Waals surface area contributed by atoms with E-state index in [-0.39, 0.29) is 11.5 Å². The summed E-state index contributed by atoms with van der Waals surface area (Å²) in [6.07, 6.45) is 3.34. The smallest absolute Gasteiger partial charge is 0.255 e. The van der Waals surface area contributed by atoms with Crippen LogP contribution in [0.15, 0.2) is 12.3 Å². The van der Waals surface area contributed by atoms with E-state index in [0.29, 0.717) is 29.5 Å². The minimum atomic E-state index is -0.288. The van der Waals surface area contributed by atoms with Gasteiger partial charge < -0.3 is 15.1 Å². The quantitative estimate of drug-likeness (QED) is 0.655. The van der Waals surface area contributed by atoms with Gasteiger partial charge in [-0.15, -0.1) is 0 Å². The molecule has 1 aliphatic rings. The fourth-order valence-corrected chi connectivity index (χ4v) is 2.61. The predicted molar refractivity (Wildman–Crippen MR) is 77.6 cm³/mol. The third-order valence-electron chi connectivity index (χ3n) is 3.66. The number of nitrogens with zero attached hydrogens (tertiary/aromatic N) is 2. The fraction of sp³-hybridized carbons (Fsp3) is 0.538. The Morgan fingerprint density at radius 2 is 2.40 bits per heavy atom. The van der Waals surface area contributed by atoms with Gasteiger partial charge in [0, 0.05) is 26.4 Å². The van der Waals surface area contributed by atoms with Crippen molar-refractivity contribution in [3.05, 3.63) is 22.8 Å². The highest BCUT2D eigenvalue weighted by Gasteiger charge is 2.33. The second-order valence-electron chi connectivity index (χ2n) is 5.18. The molecular formula is C13H19ClN4O2. The molecular weight excluding hydrogens is 280 g/mol. The Morgan fingerprint density at radius 1 is 1.65 bits per heavy atom. The average Bonchev–Trinajstić information content (AvgIpc) is 2.46. The molecule has 2 heterocycles. The molecule has 0 aromatic carbocycles. The Morgan fingerprint density at radius 3 is 3.00 bits per heavy atom. The number of hydrogen-bond donors (Lipinski definition) is 2. The molecule has 20 heavy (non-hydrogen) atoms. The lowest BCUT2D eigenvalue weighted by Gasteiger charge is -2.39. The summed E-state index contributed by atoms with van der Waals surface area (Å²) >= 11 is 6.00. The van der Waals surface area contributed by atoms with Crippen LogP contribution in [0.4, 0.5) is 5.82 Å². The summed E-state index contributed by atoms with van der Waals surface area (Å²) in [4.78, 5) is 18.3. The molecule has 7 heteroatoms. The number of ether oxygens (including phenoxy) is 1. The van der Waals surface area contributed by atoms with Crippen molar-refractivity contribution >= 4 is 23.3 Å². The number of anilines is 1. The zero-order valence-corrected chi connectivity index (χ0v) is 12.4. The minimum Gasteiger partial charge on any atom is -0.377 e. The van der Waals surface area contributed by atoms with Gasteiger partial charge in [0.15, 0.2) is 5.82 Å². The van der Waals surface area contributed by atoms with Gasteiger partial charge in [0.1, 0.15) is 0 Å². The summed E-state index contributed by atoms with van der Waals surface area (Å²) in [7, 11) is 1.67. The van der Waals surface area contributed by atoms with E-state index < -0.39 is 0 Å². The molecule has 1 fully saturated rings. The van der Waals surface area contributed by atoms with E-state index in [0.717, 1.165) is 12.8 Å². The summed E-state index contributed by atoms with van der Waals surface area (Å²) in [5, 5.41) is 0.324. The van der Waals surface area contributed by atoms with Gasteiger partial charge in [-0.3, -0.25) is 4.79 Å². The summed E-state index contributed by atoms with van der Waals surface area (Å²) in [5.41, 5.74) is 2.54. The fourth-order valence-electron chi connectivity index (χ4n) is 2.39. The number of aromatic nitrogens is 1. The van der Waals surface area contributed by atoms with E-state index in [9.17, 15) is 4.79 Å². The number of methoxy groups -OCH3 is 1. The SMILES string of the molecule is COC1(C)CCCN(C(=O)c2cnc(NN)c(Cl)c2)C1. The molecule has 3 N–H and O–H groups in total. The van der Waals surface area contributed by atoms with E-state index in [1.807, 2.05) is 6.92 Å². The topological polar surface area (TPSA) is 80.5 Å². The van der Waals surface area contributed by atoms with E-state index >= 15 is 0 Å². The molecule has 0 aliphatic carbocycles. The second-order valence-corrected chi connectivity index (χ2v) is 5.59. The minimum absolute atomic E-state index is 0.0917. The van der Waals surface area contributed by atoms with E-state index in [1.54, 1.807) is 18.1 Å². The van der Waals surface area contributed by atoms with E-state index in [4.69, 9.17) is 22.2 Å². The van der Waals surface area contributed by atoms with Gasteiger partial charge in [-0.25, -0.2) is 10.8 Å². The number of likely N-dealkylation sites (tertiary alicyclic amines) is 1. The first-order chi connectivity index (χ1) is 9.49. The number of amides is 1. The molecule has 0 radical (unpaired) electrons. The van der Waals surface area contributed by atoms with Gasteiger partial charge in [-0.05, 0) is 25.8 Å². The zero-order chi connectivity index (χ0) is 14.8. The number of pyridine rings is 1. The molecule has 110 valence electrons. The Bertz CT molecular complexity index is 511. The Hall–Kier alpha value is -1.37. The monoisotopic (exact) mass is 298 g/mol. The normalized spacial score (nSPS) is 22.7. The Labute approximate surface area is 123 Å². The van der Waals surface area contributed by atoms with Crippen LogP contribution in [-0.4, -0.2) is 41.6 Å². The molecule has 1 amide bonds. The standard InChI is InChI=1S/C13H19ClN4O2/c1-13(20-2)4-3-5-18(8-13)12(19)9-6-10(14)11(17-15)16-7-9/h6-7H,3-5,8,15H2,1-2H3,(H,16,17). The molecule has 1 atom stereocenters. The summed E-state index contributed by atoms with van der Waals surface area (Å²) in [5.74, 6) is 5.52. The van der Waals surface area contributed by atoms with Crippen LogP contribution in [0.5, 0.6) is 0 Å². The number of piperidine rings is 1. The lowest BCUT2D eigenvalue weighted by Crippen LogP contribution is -2.49. The van der Waals surface area contributed by atoms with Crippen molar-refractivity contribution in [3.63, 3.8) is 0 Å². The molecule has 0 bridgehead atoms. The third kappa shape index (κ3) is 3.03. The van der Waals surface area contributed by atoms with Crippen LogP contribution in [0.25, 0.3) is 0 Å². The van der Waals surface area contributed by atoms with Gasteiger partial charge in [-0.1, -0.05) is 11.6 Å². The number of hydrogen-bond acceptors (Lipinski definition) is 5. The maximum atomic E-state index is 12.5. The number of nitrogens with two attached hydrogens (primary N) is 1. The first-order valence-corrected chi connectivity index (χ1v) is 6.83. The van der Waals surface area contributed by atoms with E-state index in [1.165, 1.54) is 6.20 Å². The van der Waals surface area contributed by atoms with Gasteiger partial charge in [0.05, 0.1) is 16.2 Å².